The molecule has 0 spiro atoms. The maximum Gasteiger partial charge on any atom is 0.246 e. The molecule has 1 aromatic carbocycles. The lowest BCUT2D eigenvalue weighted by molar-refractivity contribution is -0.117. The highest BCUT2D eigenvalue weighted by Gasteiger charge is 2.26. The Kier molecular flexibility index (Phi) is 3.34. The van der Waals surface area contributed by atoms with Crippen molar-refractivity contribution in [2.45, 2.75) is 6.42 Å². The second-order valence-electron chi connectivity index (χ2n) is 3.92. The molecule has 0 atom stereocenters. The van der Waals surface area contributed by atoms with Crippen LogP contribution in [-0.4, -0.2) is 26.0 Å². The van der Waals surface area contributed by atoms with Crippen LogP contribution in [0.5, 0.6) is 0 Å². The Hall–Kier alpha value is -1.54. The summed E-state index contributed by atoms with van der Waals surface area (Å²) in [6, 6.07) is 7.95. The lowest BCUT2D eigenvalue weighted by Gasteiger charge is -2.35. The average molecular weight is 294 g/mol. The molecule has 0 saturated carbocycles. The monoisotopic (exact) mass is 293 g/mol. The number of fused-ring (bicyclic) bond motifs is 1. The van der Waals surface area contributed by atoms with Crippen LogP contribution < -0.4 is 9.80 Å². The standard InChI is InChI=1S/C12H12BrN3O/c1-15-11-7-9(13)3-4-10(11)16(6-2-5-14)8-12(15)17/h3-4,7H,2,6,8H2,1H3. The van der Waals surface area contributed by atoms with E-state index in [4.69, 9.17) is 5.26 Å². The molecule has 0 aromatic heterocycles. The SMILES string of the molecule is CN1C(=O)CN(CCC#N)c2ccc(Br)cc21. The molecule has 0 N–H and O–H groups in total. The number of hydrogen-bond acceptors (Lipinski definition) is 3. The van der Waals surface area contributed by atoms with Crippen LogP contribution in [0.1, 0.15) is 6.42 Å². The molecule has 0 bridgehead atoms. The molecule has 17 heavy (non-hydrogen) atoms. The van der Waals surface area contributed by atoms with Gasteiger partial charge in [0.05, 0.1) is 30.4 Å². The largest absolute Gasteiger partial charge is 0.359 e. The molecule has 1 aromatic rings. The number of nitrogens with zero attached hydrogens (tertiary/aromatic N) is 3. The molecule has 2 rings (SSSR count). The third-order valence-electron chi connectivity index (χ3n) is 2.83. The Morgan fingerprint density at radius 3 is 2.94 bits per heavy atom. The van der Waals surface area contributed by atoms with E-state index in [1.165, 1.54) is 0 Å². The molecule has 0 radical (unpaired) electrons. The van der Waals surface area contributed by atoms with Gasteiger partial charge in [-0.3, -0.25) is 4.79 Å². The number of anilines is 2. The van der Waals surface area contributed by atoms with Gasteiger partial charge >= 0.3 is 0 Å². The van der Waals surface area contributed by atoms with E-state index in [1.807, 2.05) is 23.1 Å². The quantitative estimate of drug-likeness (QED) is 0.839. The Morgan fingerprint density at radius 1 is 1.47 bits per heavy atom. The highest BCUT2D eigenvalue weighted by molar-refractivity contribution is 9.10. The van der Waals surface area contributed by atoms with Crippen LogP contribution in [0.25, 0.3) is 0 Å². The van der Waals surface area contributed by atoms with Crippen molar-refractivity contribution < 1.29 is 4.79 Å². The summed E-state index contributed by atoms with van der Waals surface area (Å²) in [5, 5.41) is 8.63. The van der Waals surface area contributed by atoms with Crippen molar-refractivity contribution in [3.8, 4) is 6.07 Å². The van der Waals surface area contributed by atoms with Crippen molar-refractivity contribution in [1.29, 1.82) is 5.26 Å². The van der Waals surface area contributed by atoms with Gasteiger partial charge in [-0.25, -0.2) is 0 Å². The van der Waals surface area contributed by atoms with Crippen LogP contribution in [-0.2, 0) is 4.79 Å². The van der Waals surface area contributed by atoms with Crippen LogP contribution in [0.4, 0.5) is 11.4 Å². The number of amides is 1. The third-order valence-corrected chi connectivity index (χ3v) is 3.33. The summed E-state index contributed by atoms with van der Waals surface area (Å²) in [4.78, 5) is 15.4. The van der Waals surface area contributed by atoms with Gasteiger partial charge in [0, 0.05) is 18.1 Å². The number of carbonyl (C=O) groups excluding carboxylic acids is 1. The fourth-order valence-corrected chi connectivity index (χ4v) is 2.25. The second kappa shape index (κ2) is 4.76. The molecule has 4 nitrogen and oxygen atoms in total. The minimum absolute atomic E-state index is 0.0496. The predicted molar refractivity (Wildman–Crippen MR) is 70.0 cm³/mol. The Morgan fingerprint density at radius 2 is 2.24 bits per heavy atom. The first kappa shape index (κ1) is 11.9. The summed E-state index contributed by atoms with van der Waals surface area (Å²) in [6.07, 6.45) is 0.423. The number of halogens is 1. The first-order valence-electron chi connectivity index (χ1n) is 5.31. The molecule has 1 aliphatic rings. The van der Waals surface area contributed by atoms with E-state index < -0.39 is 0 Å². The molecule has 0 saturated heterocycles. The number of hydrogen-bond donors (Lipinski definition) is 0. The molecule has 0 unspecified atom stereocenters. The van der Waals surface area contributed by atoms with Gasteiger partial charge in [0.25, 0.3) is 0 Å². The molecule has 0 fully saturated rings. The molecule has 0 aliphatic carbocycles. The summed E-state index contributed by atoms with van der Waals surface area (Å²) in [5.74, 6) is 0.0496. The maximum absolute atomic E-state index is 11.8. The fourth-order valence-electron chi connectivity index (χ4n) is 1.91. The van der Waals surface area contributed by atoms with E-state index in [0.717, 1.165) is 15.8 Å². The zero-order chi connectivity index (χ0) is 12.4. The van der Waals surface area contributed by atoms with Crippen LogP contribution in [0.15, 0.2) is 22.7 Å². The number of carbonyl (C=O) groups is 1. The van der Waals surface area contributed by atoms with Crippen LogP contribution >= 0.6 is 15.9 Å². The molecule has 5 heteroatoms. The van der Waals surface area contributed by atoms with Crippen molar-refractivity contribution in [2.24, 2.45) is 0 Å². The summed E-state index contributed by atoms with van der Waals surface area (Å²) in [6.45, 7) is 0.928. The van der Waals surface area contributed by atoms with Gasteiger partial charge in [0.15, 0.2) is 0 Å². The highest BCUT2D eigenvalue weighted by Crippen LogP contribution is 2.34. The average Bonchev–Trinajstić information content (AvgIpc) is 2.32. The van der Waals surface area contributed by atoms with Crippen molar-refractivity contribution in [1.82, 2.24) is 0 Å². The lowest BCUT2D eigenvalue weighted by atomic mass is 10.1. The molecule has 1 aliphatic heterocycles. The minimum atomic E-state index is 0.0496. The van der Waals surface area contributed by atoms with Crippen molar-refractivity contribution in [2.75, 3.05) is 29.9 Å². The third kappa shape index (κ3) is 2.27. The van der Waals surface area contributed by atoms with E-state index in [9.17, 15) is 4.79 Å². The second-order valence-corrected chi connectivity index (χ2v) is 4.83. The Bertz CT molecular complexity index is 495. The topological polar surface area (TPSA) is 47.3 Å². The van der Waals surface area contributed by atoms with Gasteiger partial charge in [0.1, 0.15) is 0 Å². The van der Waals surface area contributed by atoms with Gasteiger partial charge in [-0.15, -0.1) is 0 Å². The summed E-state index contributed by atoms with van der Waals surface area (Å²) in [5.41, 5.74) is 1.89. The molecular formula is C12H12BrN3O. The predicted octanol–water partition coefficient (Wildman–Crippen LogP) is 2.15. The number of likely N-dealkylation sites (N-methyl/N-ethyl adjacent to an activating group) is 1. The number of rotatable bonds is 2. The van der Waals surface area contributed by atoms with Gasteiger partial charge < -0.3 is 9.80 Å². The van der Waals surface area contributed by atoms with E-state index in [2.05, 4.69) is 22.0 Å². The van der Waals surface area contributed by atoms with Crippen LogP contribution in [0.2, 0.25) is 0 Å². The number of nitriles is 1. The Balaban J connectivity index is 2.39. The lowest BCUT2D eigenvalue weighted by Crippen LogP contribution is -2.44. The summed E-state index contributed by atoms with van der Waals surface area (Å²) >= 11 is 3.40. The van der Waals surface area contributed by atoms with E-state index in [-0.39, 0.29) is 5.91 Å². The normalized spacial score (nSPS) is 14.5. The zero-order valence-corrected chi connectivity index (χ0v) is 11.1. The summed E-state index contributed by atoms with van der Waals surface area (Å²) in [7, 11) is 1.77. The van der Waals surface area contributed by atoms with Crippen molar-refractivity contribution >= 4 is 33.2 Å². The Labute approximate surface area is 109 Å². The smallest absolute Gasteiger partial charge is 0.246 e. The molecule has 1 amide bonds. The first-order valence-corrected chi connectivity index (χ1v) is 6.11. The fraction of sp³-hybridized carbons (Fsp3) is 0.333. The van der Waals surface area contributed by atoms with E-state index >= 15 is 0 Å². The van der Waals surface area contributed by atoms with Crippen LogP contribution in [0, 0.1) is 11.3 Å². The van der Waals surface area contributed by atoms with E-state index in [1.54, 1.807) is 11.9 Å². The van der Waals surface area contributed by atoms with Crippen molar-refractivity contribution in [3.63, 3.8) is 0 Å². The van der Waals surface area contributed by atoms with Crippen molar-refractivity contribution in [3.05, 3.63) is 22.7 Å². The van der Waals surface area contributed by atoms with Gasteiger partial charge in [-0.1, -0.05) is 15.9 Å². The molecule has 1 heterocycles. The minimum Gasteiger partial charge on any atom is -0.359 e. The zero-order valence-electron chi connectivity index (χ0n) is 9.48. The maximum atomic E-state index is 11.8. The number of benzene rings is 1. The summed E-state index contributed by atoms with van der Waals surface area (Å²) < 4.78 is 0.943. The first-order chi connectivity index (χ1) is 8.13. The van der Waals surface area contributed by atoms with Gasteiger partial charge in [0.2, 0.25) is 5.91 Å². The highest BCUT2D eigenvalue weighted by atomic mass is 79.9. The molecular weight excluding hydrogens is 282 g/mol. The van der Waals surface area contributed by atoms with E-state index in [0.29, 0.717) is 19.5 Å². The molecule has 88 valence electrons. The van der Waals surface area contributed by atoms with Gasteiger partial charge in [-0.05, 0) is 18.2 Å². The van der Waals surface area contributed by atoms with Gasteiger partial charge in [-0.2, -0.15) is 5.26 Å². The van der Waals surface area contributed by atoms with Crippen LogP contribution in [0.3, 0.4) is 0 Å².